The van der Waals surface area contributed by atoms with Crippen molar-refractivity contribution in [2.45, 2.75) is 43.7 Å². The van der Waals surface area contributed by atoms with Gasteiger partial charge in [0.05, 0.1) is 13.2 Å². The van der Waals surface area contributed by atoms with Gasteiger partial charge < -0.3 is 30.3 Å². The lowest BCUT2D eigenvalue weighted by Gasteiger charge is -2.25. The van der Waals surface area contributed by atoms with Crippen LogP contribution in [0.4, 0.5) is 0 Å². The summed E-state index contributed by atoms with van der Waals surface area (Å²) in [5, 5.41) is 46.0. The lowest BCUT2D eigenvalue weighted by atomic mass is 10.0. The molecule has 0 aromatic rings. The molecule has 6 nitrogen and oxygen atoms in total. The summed E-state index contributed by atoms with van der Waals surface area (Å²) in [7, 11) is 0. The van der Waals surface area contributed by atoms with Gasteiger partial charge in [0.25, 0.3) is 0 Å². The molecule has 4 atom stereocenters. The zero-order valence-electron chi connectivity index (χ0n) is 10.4. The molecule has 0 aliphatic carbocycles. The Morgan fingerprint density at radius 2 is 1.50 bits per heavy atom. The molecule has 0 radical (unpaired) electrons. The lowest BCUT2D eigenvalue weighted by Crippen LogP contribution is -2.47. The number of ether oxygens (including phenoxy) is 1. The molecule has 7 heteroatoms. The van der Waals surface area contributed by atoms with Gasteiger partial charge in [0, 0.05) is 6.61 Å². The Kier molecular flexibility index (Phi) is 11.0. The first-order chi connectivity index (χ1) is 8.54. The molecule has 0 heterocycles. The first-order valence-corrected chi connectivity index (χ1v) is 6.69. The highest BCUT2D eigenvalue weighted by Gasteiger charge is 2.29. The van der Waals surface area contributed by atoms with E-state index in [9.17, 15) is 15.3 Å². The highest BCUT2D eigenvalue weighted by molar-refractivity contribution is 7.80. The van der Waals surface area contributed by atoms with Gasteiger partial charge in [-0.3, -0.25) is 0 Å². The summed E-state index contributed by atoms with van der Waals surface area (Å²) >= 11 is 4.07. The van der Waals surface area contributed by atoms with Crippen LogP contribution in [0.2, 0.25) is 0 Å². The maximum absolute atomic E-state index is 9.50. The normalized spacial score (nSPS) is 18.3. The molecule has 0 fully saturated rings. The number of hydrogen-bond donors (Lipinski definition) is 6. The average molecular weight is 284 g/mol. The molecular weight excluding hydrogens is 260 g/mol. The SMILES string of the molecule is OC[C@@H](O)[C@@H](O)[C@H](O)[C@H](O)COCCCCCS. The Balaban J connectivity index is 3.70. The minimum Gasteiger partial charge on any atom is -0.394 e. The molecule has 110 valence electrons. The molecule has 0 aliphatic heterocycles. The summed E-state index contributed by atoms with van der Waals surface area (Å²) in [6.45, 7) is -0.358. The molecular formula is C11H24O6S. The van der Waals surface area contributed by atoms with Gasteiger partial charge in [0.15, 0.2) is 0 Å². The van der Waals surface area contributed by atoms with Crippen LogP contribution in [0.25, 0.3) is 0 Å². The second kappa shape index (κ2) is 11.0. The van der Waals surface area contributed by atoms with Gasteiger partial charge in [0.1, 0.15) is 24.4 Å². The van der Waals surface area contributed by atoms with Crippen LogP contribution in [0.1, 0.15) is 19.3 Å². The van der Waals surface area contributed by atoms with E-state index in [1.54, 1.807) is 0 Å². The van der Waals surface area contributed by atoms with Gasteiger partial charge in [-0.05, 0) is 18.6 Å². The molecule has 0 unspecified atom stereocenters. The third kappa shape index (κ3) is 7.52. The lowest BCUT2D eigenvalue weighted by molar-refractivity contribution is -0.129. The number of aliphatic hydroxyl groups is 5. The molecule has 0 bridgehead atoms. The van der Waals surface area contributed by atoms with E-state index < -0.39 is 31.0 Å². The van der Waals surface area contributed by atoms with Crippen LogP contribution in [0.3, 0.4) is 0 Å². The second-order valence-electron chi connectivity index (χ2n) is 4.16. The molecule has 0 rings (SSSR count). The second-order valence-corrected chi connectivity index (χ2v) is 4.60. The summed E-state index contributed by atoms with van der Waals surface area (Å²) in [6.07, 6.45) is -3.11. The van der Waals surface area contributed by atoms with E-state index in [4.69, 9.17) is 14.9 Å². The Morgan fingerprint density at radius 3 is 2.06 bits per heavy atom. The van der Waals surface area contributed by atoms with E-state index >= 15 is 0 Å². The fourth-order valence-corrected chi connectivity index (χ4v) is 1.58. The summed E-state index contributed by atoms with van der Waals surface area (Å²) in [5.74, 6) is 0.826. The Hall–Kier alpha value is 0.110. The van der Waals surface area contributed by atoms with Gasteiger partial charge in [-0.25, -0.2) is 0 Å². The fourth-order valence-electron chi connectivity index (χ4n) is 1.36. The third-order valence-electron chi connectivity index (χ3n) is 2.56. The zero-order chi connectivity index (χ0) is 14.0. The molecule has 0 aromatic heterocycles. The van der Waals surface area contributed by atoms with E-state index in [-0.39, 0.29) is 6.61 Å². The number of rotatable bonds is 11. The minimum absolute atomic E-state index is 0.128. The quantitative estimate of drug-likeness (QED) is 0.204. The molecule has 0 amide bonds. The standard InChI is InChI=1S/C11H24O6S/c12-6-8(13)10(15)11(16)9(14)7-17-4-2-1-3-5-18/h8-16,18H,1-7H2/t8-,9-,10-,11-/m1/s1. The number of aliphatic hydroxyl groups excluding tert-OH is 5. The molecule has 5 N–H and O–H groups in total. The van der Waals surface area contributed by atoms with Crippen molar-refractivity contribution in [3.05, 3.63) is 0 Å². The maximum atomic E-state index is 9.50. The van der Waals surface area contributed by atoms with E-state index in [1.165, 1.54) is 0 Å². The Labute approximate surface area is 113 Å². The Morgan fingerprint density at radius 1 is 0.889 bits per heavy atom. The van der Waals surface area contributed by atoms with Gasteiger partial charge in [-0.15, -0.1) is 0 Å². The van der Waals surface area contributed by atoms with E-state index in [1.807, 2.05) is 0 Å². The van der Waals surface area contributed by atoms with Crippen molar-refractivity contribution < 1.29 is 30.3 Å². The summed E-state index contributed by atoms with van der Waals surface area (Å²) in [4.78, 5) is 0. The monoisotopic (exact) mass is 284 g/mol. The molecule has 18 heavy (non-hydrogen) atoms. The third-order valence-corrected chi connectivity index (χ3v) is 2.88. The molecule has 0 aromatic carbocycles. The van der Waals surface area contributed by atoms with Crippen molar-refractivity contribution in [3.63, 3.8) is 0 Å². The van der Waals surface area contributed by atoms with Crippen molar-refractivity contribution >= 4 is 12.6 Å². The van der Waals surface area contributed by atoms with E-state index in [0.29, 0.717) is 6.61 Å². The molecule has 0 saturated heterocycles. The molecule has 0 saturated carbocycles. The highest BCUT2D eigenvalue weighted by Crippen LogP contribution is 2.06. The predicted octanol–water partition coefficient (Wildman–Crippen LogP) is -1.46. The number of thiol groups is 1. The molecule has 0 aliphatic rings. The van der Waals surface area contributed by atoms with Crippen LogP contribution in [0, 0.1) is 0 Å². The Bertz CT molecular complexity index is 194. The maximum Gasteiger partial charge on any atom is 0.111 e. The van der Waals surface area contributed by atoms with Gasteiger partial charge in [-0.2, -0.15) is 12.6 Å². The average Bonchev–Trinajstić information content (AvgIpc) is 2.39. The van der Waals surface area contributed by atoms with Crippen molar-refractivity contribution in [2.75, 3.05) is 25.6 Å². The zero-order valence-corrected chi connectivity index (χ0v) is 11.2. The van der Waals surface area contributed by atoms with E-state index in [0.717, 1.165) is 25.0 Å². The molecule has 0 spiro atoms. The fraction of sp³-hybridized carbons (Fsp3) is 1.00. The summed E-state index contributed by atoms with van der Waals surface area (Å²) in [5.41, 5.74) is 0. The largest absolute Gasteiger partial charge is 0.394 e. The van der Waals surface area contributed by atoms with Crippen LogP contribution in [-0.2, 0) is 4.74 Å². The van der Waals surface area contributed by atoms with Gasteiger partial charge in [-0.1, -0.05) is 6.42 Å². The van der Waals surface area contributed by atoms with Crippen molar-refractivity contribution in [3.8, 4) is 0 Å². The van der Waals surface area contributed by atoms with Gasteiger partial charge >= 0.3 is 0 Å². The first kappa shape index (κ1) is 18.1. The smallest absolute Gasteiger partial charge is 0.111 e. The van der Waals surface area contributed by atoms with Crippen molar-refractivity contribution in [1.82, 2.24) is 0 Å². The van der Waals surface area contributed by atoms with Crippen molar-refractivity contribution in [2.24, 2.45) is 0 Å². The van der Waals surface area contributed by atoms with Crippen LogP contribution in [0.5, 0.6) is 0 Å². The van der Waals surface area contributed by atoms with E-state index in [2.05, 4.69) is 12.6 Å². The predicted molar refractivity (Wildman–Crippen MR) is 69.6 cm³/mol. The van der Waals surface area contributed by atoms with Gasteiger partial charge in [0.2, 0.25) is 0 Å². The number of unbranched alkanes of at least 4 members (excludes halogenated alkanes) is 2. The first-order valence-electron chi connectivity index (χ1n) is 6.06. The summed E-state index contributed by atoms with van der Waals surface area (Å²) < 4.78 is 5.14. The van der Waals surface area contributed by atoms with Crippen LogP contribution in [0.15, 0.2) is 0 Å². The topological polar surface area (TPSA) is 110 Å². The van der Waals surface area contributed by atoms with Crippen LogP contribution < -0.4 is 0 Å². The minimum atomic E-state index is -1.60. The highest BCUT2D eigenvalue weighted by atomic mass is 32.1. The summed E-state index contributed by atoms with van der Waals surface area (Å²) in [6, 6.07) is 0. The van der Waals surface area contributed by atoms with Crippen molar-refractivity contribution in [1.29, 1.82) is 0 Å². The number of hydrogen-bond acceptors (Lipinski definition) is 7. The van der Waals surface area contributed by atoms with Crippen LogP contribution >= 0.6 is 12.6 Å². The van der Waals surface area contributed by atoms with Crippen LogP contribution in [-0.4, -0.2) is 75.5 Å².